The fraction of sp³-hybridized carbons (Fsp3) is 0.231. The summed E-state index contributed by atoms with van der Waals surface area (Å²) in [6.45, 7) is 4.23. The summed E-state index contributed by atoms with van der Waals surface area (Å²) in [5.41, 5.74) is 2.47. The maximum absolute atomic E-state index is 8.88. The SMILES string of the molecule is CC(C)c1cccc2cc(C#N)c(Cl)nc12. The van der Waals surface area contributed by atoms with Crippen molar-refractivity contribution in [2.24, 2.45) is 0 Å². The van der Waals surface area contributed by atoms with Crippen molar-refractivity contribution in [3.63, 3.8) is 0 Å². The molecule has 1 aromatic carbocycles. The summed E-state index contributed by atoms with van der Waals surface area (Å²) in [5, 5.41) is 10.1. The summed E-state index contributed by atoms with van der Waals surface area (Å²) in [5.74, 6) is 0.389. The molecule has 1 heterocycles. The van der Waals surface area contributed by atoms with E-state index in [0.717, 1.165) is 16.5 Å². The third-order valence-electron chi connectivity index (χ3n) is 2.57. The van der Waals surface area contributed by atoms with Gasteiger partial charge >= 0.3 is 0 Å². The molecule has 2 nitrogen and oxygen atoms in total. The number of benzene rings is 1. The normalized spacial score (nSPS) is 10.7. The molecule has 1 aromatic heterocycles. The van der Waals surface area contributed by atoms with Gasteiger partial charge in [-0.25, -0.2) is 4.98 Å². The Morgan fingerprint density at radius 2 is 2.12 bits per heavy atom. The Hall–Kier alpha value is -1.59. The predicted molar refractivity (Wildman–Crippen MR) is 65.6 cm³/mol. The minimum atomic E-state index is 0.281. The fourth-order valence-corrected chi connectivity index (χ4v) is 1.92. The van der Waals surface area contributed by atoms with Crippen LogP contribution in [0.4, 0.5) is 0 Å². The van der Waals surface area contributed by atoms with Crippen LogP contribution in [0.25, 0.3) is 10.9 Å². The average Bonchev–Trinajstić information content (AvgIpc) is 2.27. The second kappa shape index (κ2) is 4.11. The van der Waals surface area contributed by atoms with Crippen LogP contribution in [-0.2, 0) is 0 Å². The number of pyridine rings is 1. The Balaban J connectivity index is 2.81. The van der Waals surface area contributed by atoms with Crippen molar-refractivity contribution >= 4 is 22.5 Å². The molecule has 0 unspecified atom stereocenters. The molecule has 0 saturated heterocycles. The van der Waals surface area contributed by atoms with E-state index in [0.29, 0.717) is 11.5 Å². The summed E-state index contributed by atoms with van der Waals surface area (Å²) in [7, 11) is 0. The quantitative estimate of drug-likeness (QED) is 0.697. The average molecular weight is 231 g/mol. The van der Waals surface area contributed by atoms with Gasteiger partial charge in [0.25, 0.3) is 0 Å². The number of hydrogen-bond acceptors (Lipinski definition) is 2. The molecule has 0 bridgehead atoms. The van der Waals surface area contributed by atoms with Gasteiger partial charge in [0.1, 0.15) is 11.2 Å². The molecule has 0 radical (unpaired) electrons. The topological polar surface area (TPSA) is 36.7 Å². The third-order valence-corrected chi connectivity index (χ3v) is 2.86. The second-order valence-electron chi connectivity index (χ2n) is 4.01. The molecule has 0 amide bonds. The lowest BCUT2D eigenvalue weighted by Gasteiger charge is -2.09. The fourth-order valence-electron chi connectivity index (χ4n) is 1.74. The molecule has 0 aliphatic heterocycles. The molecular weight excluding hydrogens is 220 g/mol. The number of fused-ring (bicyclic) bond motifs is 1. The van der Waals surface area contributed by atoms with Crippen molar-refractivity contribution in [1.29, 1.82) is 5.26 Å². The van der Waals surface area contributed by atoms with Crippen LogP contribution in [0.3, 0.4) is 0 Å². The van der Waals surface area contributed by atoms with Gasteiger partial charge in [-0.05, 0) is 17.5 Å². The summed E-state index contributed by atoms with van der Waals surface area (Å²) < 4.78 is 0. The van der Waals surface area contributed by atoms with Gasteiger partial charge in [-0.15, -0.1) is 0 Å². The van der Waals surface area contributed by atoms with Crippen LogP contribution in [0.15, 0.2) is 24.3 Å². The van der Waals surface area contributed by atoms with E-state index < -0.39 is 0 Å². The monoisotopic (exact) mass is 230 g/mol. The third kappa shape index (κ3) is 1.75. The van der Waals surface area contributed by atoms with Crippen molar-refractivity contribution in [3.8, 4) is 6.07 Å². The van der Waals surface area contributed by atoms with Crippen molar-refractivity contribution in [2.45, 2.75) is 19.8 Å². The number of rotatable bonds is 1. The molecule has 0 N–H and O–H groups in total. The van der Waals surface area contributed by atoms with Crippen LogP contribution >= 0.6 is 11.6 Å². The number of halogens is 1. The molecule has 16 heavy (non-hydrogen) atoms. The van der Waals surface area contributed by atoms with E-state index in [1.165, 1.54) is 0 Å². The number of nitrogens with zero attached hydrogens (tertiary/aromatic N) is 2. The van der Waals surface area contributed by atoms with Crippen molar-refractivity contribution in [3.05, 3.63) is 40.5 Å². The van der Waals surface area contributed by atoms with Crippen LogP contribution in [0, 0.1) is 11.3 Å². The number of aromatic nitrogens is 1. The van der Waals surface area contributed by atoms with E-state index in [1.54, 1.807) is 6.07 Å². The molecule has 0 aliphatic carbocycles. The largest absolute Gasteiger partial charge is 0.234 e. The van der Waals surface area contributed by atoms with Gasteiger partial charge in [0.15, 0.2) is 0 Å². The van der Waals surface area contributed by atoms with Crippen molar-refractivity contribution in [1.82, 2.24) is 4.98 Å². The second-order valence-corrected chi connectivity index (χ2v) is 4.37. The van der Waals surface area contributed by atoms with E-state index in [4.69, 9.17) is 16.9 Å². The molecular formula is C13H11ClN2. The predicted octanol–water partition coefficient (Wildman–Crippen LogP) is 3.88. The lowest BCUT2D eigenvalue weighted by atomic mass is 9.99. The molecule has 2 rings (SSSR count). The first-order valence-electron chi connectivity index (χ1n) is 5.12. The van der Waals surface area contributed by atoms with Crippen LogP contribution in [0.1, 0.15) is 30.9 Å². The zero-order chi connectivity index (χ0) is 11.7. The minimum Gasteiger partial charge on any atom is -0.234 e. The van der Waals surface area contributed by atoms with Crippen molar-refractivity contribution < 1.29 is 0 Å². The zero-order valence-electron chi connectivity index (χ0n) is 9.16. The summed E-state index contributed by atoms with van der Waals surface area (Å²) in [6.07, 6.45) is 0. The summed E-state index contributed by atoms with van der Waals surface area (Å²) in [4.78, 5) is 4.31. The molecule has 0 saturated carbocycles. The Labute approximate surface area is 99.5 Å². The lowest BCUT2D eigenvalue weighted by Crippen LogP contribution is -1.93. The first kappa shape index (κ1) is 10.9. The van der Waals surface area contributed by atoms with Gasteiger partial charge in [0.05, 0.1) is 11.1 Å². The summed E-state index contributed by atoms with van der Waals surface area (Å²) >= 11 is 5.95. The van der Waals surface area contributed by atoms with Crippen molar-refractivity contribution in [2.75, 3.05) is 0 Å². The van der Waals surface area contributed by atoms with Gasteiger partial charge in [-0.3, -0.25) is 0 Å². The van der Waals surface area contributed by atoms with Crippen LogP contribution in [-0.4, -0.2) is 4.98 Å². The zero-order valence-corrected chi connectivity index (χ0v) is 9.92. The Morgan fingerprint density at radius 3 is 2.75 bits per heavy atom. The van der Waals surface area contributed by atoms with E-state index in [9.17, 15) is 0 Å². The van der Waals surface area contributed by atoms with Gasteiger partial charge in [-0.2, -0.15) is 5.26 Å². The van der Waals surface area contributed by atoms with E-state index >= 15 is 0 Å². The van der Waals surface area contributed by atoms with Crippen LogP contribution < -0.4 is 0 Å². The molecule has 0 fully saturated rings. The van der Waals surface area contributed by atoms with E-state index in [2.05, 4.69) is 18.8 Å². The van der Waals surface area contributed by atoms with Crippen LogP contribution in [0.5, 0.6) is 0 Å². The van der Waals surface area contributed by atoms with E-state index in [1.807, 2.05) is 24.3 Å². The molecule has 0 aliphatic rings. The highest BCUT2D eigenvalue weighted by Gasteiger charge is 2.09. The van der Waals surface area contributed by atoms with E-state index in [-0.39, 0.29) is 5.15 Å². The number of para-hydroxylation sites is 1. The first-order chi connectivity index (χ1) is 7.63. The van der Waals surface area contributed by atoms with Crippen LogP contribution in [0.2, 0.25) is 5.15 Å². The Bertz CT molecular complexity index is 582. The smallest absolute Gasteiger partial charge is 0.147 e. The molecule has 80 valence electrons. The maximum Gasteiger partial charge on any atom is 0.147 e. The Kier molecular flexibility index (Phi) is 2.80. The first-order valence-corrected chi connectivity index (χ1v) is 5.50. The van der Waals surface area contributed by atoms with Gasteiger partial charge in [0, 0.05) is 5.39 Å². The highest BCUT2D eigenvalue weighted by atomic mass is 35.5. The number of nitriles is 1. The molecule has 0 atom stereocenters. The van der Waals surface area contributed by atoms with Gasteiger partial charge in [0.2, 0.25) is 0 Å². The lowest BCUT2D eigenvalue weighted by molar-refractivity contribution is 0.873. The highest BCUT2D eigenvalue weighted by molar-refractivity contribution is 6.31. The maximum atomic E-state index is 8.88. The van der Waals surface area contributed by atoms with Gasteiger partial charge in [-0.1, -0.05) is 43.6 Å². The molecule has 0 spiro atoms. The minimum absolute atomic E-state index is 0.281. The Morgan fingerprint density at radius 1 is 1.38 bits per heavy atom. The number of hydrogen-bond donors (Lipinski definition) is 0. The molecule has 3 heteroatoms. The highest BCUT2D eigenvalue weighted by Crippen LogP contribution is 2.26. The standard InChI is InChI=1S/C13H11ClN2/c1-8(2)11-5-3-4-9-6-10(7-15)13(14)16-12(9)11/h3-6,8H,1-2H3. The molecule has 2 aromatic rings. The van der Waals surface area contributed by atoms with Gasteiger partial charge < -0.3 is 0 Å². The summed E-state index contributed by atoms with van der Waals surface area (Å²) in [6, 6.07) is 9.80.